The lowest BCUT2D eigenvalue weighted by molar-refractivity contribution is -0.136. The van der Waals surface area contributed by atoms with Crippen LogP contribution in [0.3, 0.4) is 0 Å². The average Bonchev–Trinajstić information content (AvgIpc) is 2.20. The van der Waals surface area contributed by atoms with Crippen LogP contribution >= 0.6 is 24.2 Å². The molecule has 5 heteroatoms. The highest BCUT2D eigenvalue weighted by molar-refractivity contribution is 7.80. The standard InChI is InChI=1S/C10H8ClNO2S/c11-4-8-2-6(5-12)1-7(10(8)15)3-9(13)14/h1-2,15H,3-4H2,(H,13,14). The van der Waals surface area contributed by atoms with Gasteiger partial charge in [0.25, 0.3) is 0 Å². The molecule has 78 valence electrons. The lowest BCUT2D eigenvalue weighted by atomic mass is 10.0. The van der Waals surface area contributed by atoms with Crippen molar-refractivity contribution in [3.8, 4) is 6.07 Å². The zero-order chi connectivity index (χ0) is 11.4. The van der Waals surface area contributed by atoms with Crippen molar-refractivity contribution in [2.24, 2.45) is 0 Å². The number of alkyl halides is 1. The molecule has 0 radical (unpaired) electrons. The van der Waals surface area contributed by atoms with E-state index in [-0.39, 0.29) is 12.3 Å². The molecule has 0 fully saturated rings. The minimum atomic E-state index is -0.957. The van der Waals surface area contributed by atoms with Crippen LogP contribution < -0.4 is 0 Å². The minimum absolute atomic E-state index is 0.155. The monoisotopic (exact) mass is 241 g/mol. The lowest BCUT2D eigenvalue weighted by Gasteiger charge is -2.07. The Labute approximate surface area is 97.7 Å². The number of thiol groups is 1. The summed E-state index contributed by atoms with van der Waals surface area (Å²) in [6.45, 7) is 0. The first-order valence-corrected chi connectivity index (χ1v) is 5.09. The smallest absolute Gasteiger partial charge is 0.307 e. The van der Waals surface area contributed by atoms with Crippen molar-refractivity contribution in [2.75, 3.05) is 0 Å². The topological polar surface area (TPSA) is 61.1 Å². The van der Waals surface area contributed by atoms with Gasteiger partial charge in [0.05, 0.1) is 18.1 Å². The number of carboxylic acid groups (broad SMARTS) is 1. The summed E-state index contributed by atoms with van der Waals surface area (Å²) >= 11 is 9.86. The molecule has 0 heterocycles. The predicted octanol–water partition coefficient (Wildman–Crippen LogP) is 2.21. The third kappa shape index (κ3) is 2.88. The maximum absolute atomic E-state index is 10.6. The molecule has 0 spiro atoms. The van der Waals surface area contributed by atoms with E-state index in [1.54, 1.807) is 6.07 Å². The molecule has 1 rings (SSSR count). The minimum Gasteiger partial charge on any atom is -0.481 e. The van der Waals surface area contributed by atoms with E-state index in [2.05, 4.69) is 12.6 Å². The molecule has 1 N–H and O–H groups in total. The first kappa shape index (κ1) is 11.9. The second-order valence-corrected chi connectivity index (χ2v) is 3.67. The quantitative estimate of drug-likeness (QED) is 0.630. The molecular formula is C10H8ClNO2S. The maximum Gasteiger partial charge on any atom is 0.307 e. The van der Waals surface area contributed by atoms with Crippen LogP contribution in [0.15, 0.2) is 17.0 Å². The Kier molecular flexibility index (Phi) is 4.01. The Morgan fingerprint density at radius 2 is 2.13 bits per heavy atom. The number of carboxylic acids is 1. The summed E-state index contributed by atoms with van der Waals surface area (Å²) in [7, 11) is 0. The van der Waals surface area contributed by atoms with Crippen LogP contribution in [-0.4, -0.2) is 11.1 Å². The van der Waals surface area contributed by atoms with Gasteiger partial charge in [0.1, 0.15) is 0 Å². The van der Waals surface area contributed by atoms with Gasteiger partial charge in [-0.05, 0) is 23.3 Å². The fourth-order valence-electron chi connectivity index (χ4n) is 1.22. The number of hydrogen-bond acceptors (Lipinski definition) is 3. The van der Waals surface area contributed by atoms with Crippen LogP contribution in [0.2, 0.25) is 0 Å². The fraction of sp³-hybridized carbons (Fsp3) is 0.200. The van der Waals surface area contributed by atoms with E-state index in [9.17, 15) is 4.79 Å². The van der Waals surface area contributed by atoms with Crippen LogP contribution in [-0.2, 0) is 17.1 Å². The number of nitriles is 1. The number of hydrogen-bond donors (Lipinski definition) is 2. The van der Waals surface area contributed by atoms with Gasteiger partial charge in [-0.15, -0.1) is 24.2 Å². The van der Waals surface area contributed by atoms with E-state index in [0.29, 0.717) is 21.6 Å². The van der Waals surface area contributed by atoms with E-state index in [1.807, 2.05) is 6.07 Å². The molecule has 0 unspecified atom stereocenters. The molecule has 1 aromatic rings. The van der Waals surface area contributed by atoms with Crippen LogP contribution in [0.25, 0.3) is 0 Å². The van der Waals surface area contributed by atoms with Crippen LogP contribution in [0.4, 0.5) is 0 Å². The molecule has 3 nitrogen and oxygen atoms in total. The van der Waals surface area contributed by atoms with Crippen molar-refractivity contribution in [1.29, 1.82) is 5.26 Å². The SMILES string of the molecule is N#Cc1cc(CCl)c(S)c(CC(=O)O)c1. The van der Waals surface area contributed by atoms with Gasteiger partial charge < -0.3 is 5.11 Å². The van der Waals surface area contributed by atoms with E-state index >= 15 is 0 Å². The zero-order valence-electron chi connectivity index (χ0n) is 7.70. The van der Waals surface area contributed by atoms with Crippen molar-refractivity contribution in [1.82, 2.24) is 0 Å². The van der Waals surface area contributed by atoms with Crippen molar-refractivity contribution < 1.29 is 9.90 Å². The largest absolute Gasteiger partial charge is 0.481 e. The van der Waals surface area contributed by atoms with E-state index in [4.69, 9.17) is 22.0 Å². The second kappa shape index (κ2) is 5.06. The summed E-state index contributed by atoms with van der Waals surface area (Å²) in [6.07, 6.45) is -0.155. The van der Waals surface area contributed by atoms with Gasteiger partial charge in [-0.3, -0.25) is 4.79 Å². The Hall–Kier alpha value is -1.18. The molecule has 1 aromatic carbocycles. The highest BCUT2D eigenvalue weighted by Gasteiger charge is 2.10. The molecule has 0 bridgehead atoms. The first-order valence-electron chi connectivity index (χ1n) is 4.11. The van der Waals surface area contributed by atoms with Gasteiger partial charge in [0, 0.05) is 10.8 Å². The van der Waals surface area contributed by atoms with Gasteiger partial charge in [-0.1, -0.05) is 0 Å². The Bertz CT molecular complexity index is 440. The van der Waals surface area contributed by atoms with E-state index in [0.717, 1.165) is 0 Å². The van der Waals surface area contributed by atoms with Gasteiger partial charge in [0.15, 0.2) is 0 Å². The van der Waals surface area contributed by atoms with Crippen LogP contribution in [0.1, 0.15) is 16.7 Å². The maximum atomic E-state index is 10.6. The molecule has 0 saturated heterocycles. The van der Waals surface area contributed by atoms with E-state index < -0.39 is 5.97 Å². The van der Waals surface area contributed by atoms with Crippen molar-refractivity contribution >= 4 is 30.2 Å². The number of nitrogens with zero attached hydrogens (tertiary/aromatic N) is 1. The summed E-state index contributed by atoms with van der Waals surface area (Å²) in [5, 5.41) is 17.4. The Balaban J connectivity index is 3.25. The highest BCUT2D eigenvalue weighted by atomic mass is 35.5. The molecule has 0 aromatic heterocycles. The van der Waals surface area contributed by atoms with Crippen molar-refractivity contribution in [3.05, 3.63) is 28.8 Å². The van der Waals surface area contributed by atoms with Crippen LogP contribution in [0, 0.1) is 11.3 Å². The fourth-order valence-corrected chi connectivity index (χ4v) is 1.82. The normalized spacial score (nSPS) is 9.67. The number of rotatable bonds is 3. The average molecular weight is 242 g/mol. The molecule has 0 atom stereocenters. The molecule has 0 saturated carbocycles. The predicted molar refractivity (Wildman–Crippen MR) is 59.3 cm³/mol. The van der Waals surface area contributed by atoms with Gasteiger partial charge in [-0.2, -0.15) is 5.26 Å². The third-order valence-electron chi connectivity index (χ3n) is 1.88. The Morgan fingerprint density at radius 1 is 1.53 bits per heavy atom. The molecule has 0 aliphatic carbocycles. The van der Waals surface area contributed by atoms with E-state index in [1.165, 1.54) is 6.07 Å². The number of halogens is 1. The third-order valence-corrected chi connectivity index (χ3v) is 2.74. The lowest BCUT2D eigenvalue weighted by Crippen LogP contribution is -2.03. The molecule has 0 aliphatic heterocycles. The highest BCUT2D eigenvalue weighted by Crippen LogP contribution is 2.23. The first-order chi connectivity index (χ1) is 7.08. The summed E-state index contributed by atoms with van der Waals surface area (Å²) in [5.41, 5.74) is 1.59. The zero-order valence-corrected chi connectivity index (χ0v) is 9.35. The summed E-state index contributed by atoms with van der Waals surface area (Å²) in [5.74, 6) is -0.748. The van der Waals surface area contributed by atoms with Gasteiger partial charge in [-0.25, -0.2) is 0 Å². The number of benzene rings is 1. The van der Waals surface area contributed by atoms with Crippen molar-refractivity contribution in [3.63, 3.8) is 0 Å². The second-order valence-electron chi connectivity index (χ2n) is 2.96. The van der Waals surface area contributed by atoms with Gasteiger partial charge in [0.2, 0.25) is 0 Å². The van der Waals surface area contributed by atoms with Crippen molar-refractivity contribution in [2.45, 2.75) is 17.2 Å². The summed E-state index contributed by atoms with van der Waals surface area (Å²) in [4.78, 5) is 11.1. The molecule has 0 amide bonds. The molecule has 15 heavy (non-hydrogen) atoms. The summed E-state index contributed by atoms with van der Waals surface area (Å²) < 4.78 is 0. The Morgan fingerprint density at radius 3 is 2.60 bits per heavy atom. The van der Waals surface area contributed by atoms with Crippen LogP contribution in [0.5, 0.6) is 0 Å². The number of aliphatic carboxylic acids is 1. The number of carbonyl (C=O) groups is 1. The van der Waals surface area contributed by atoms with Gasteiger partial charge >= 0.3 is 5.97 Å². The molecule has 0 aliphatic rings. The summed E-state index contributed by atoms with van der Waals surface area (Å²) in [6, 6.07) is 5.09. The molecular weight excluding hydrogens is 234 g/mol.